The number of carbonyl (C=O) groups excluding carboxylic acids is 1. The first-order valence-electron chi connectivity index (χ1n) is 9.71. The Morgan fingerprint density at radius 3 is 2.00 bits per heavy atom. The van der Waals surface area contributed by atoms with Gasteiger partial charge in [-0.2, -0.15) is 0 Å². The summed E-state index contributed by atoms with van der Waals surface area (Å²) < 4.78 is 18.0. The van der Waals surface area contributed by atoms with Gasteiger partial charge < -0.3 is 13.6 Å². The fourth-order valence-corrected chi connectivity index (χ4v) is 4.15. The van der Waals surface area contributed by atoms with E-state index >= 15 is 0 Å². The Balaban J connectivity index is 2.61. The Bertz CT molecular complexity index is 513. The van der Waals surface area contributed by atoms with E-state index in [9.17, 15) is 4.79 Å². The van der Waals surface area contributed by atoms with E-state index in [1.807, 2.05) is 6.08 Å². The average molecular weight is 401 g/mol. The number of carbonyl (C=O) groups is 1. The molecular formula is C20H40O4Si2. The first kappa shape index (κ1) is 23.6. The molecular weight excluding hydrogens is 360 g/mol. The largest absolute Gasteiger partial charge is 0.459 e. The van der Waals surface area contributed by atoms with E-state index in [0.717, 1.165) is 0 Å². The van der Waals surface area contributed by atoms with Gasteiger partial charge in [0.1, 0.15) is 6.10 Å². The van der Waals surface area contributed by atoms with E-state index in [-0.39, 0.29) is 28.1 Å². The van der Waals surface area contributed by atoms with E-state index in [4.69, 9.17) is 13.6 Å². The van der Waals surface area contributed by atoms with Gasteiger partial charge in [0.25, 0.3) is 0 Å². The molecule has 0 N–H and O–H groups in total. The normalized spacial score (nSPS) is 22.9. The van der Waals surface area contributed by atoms with Gasteiger partial charge >= 0.3 is 5.97 Å². The van der Waals surface area contributed by atoms with Crippen molar-refractivity contribution in [1.29, 1.82) is 0 Å². The molecule has 0 aliphatic carbocycles. The monoisotopic (exact) mass is 400 g/mol. The lowest BCUT2D eigenvalue weighted by molar-refractivity contribution is -0.142. The molecule has 1 heterocycles. The molecule has 0 unspecified atom stereocenters. The molecule has 26 heavy (non-hydrogen) atoms. The van der Waals surface area contributed by atoms with Crippen LogP contribution in [0.5, 0.6) is 0 Å². The topological polar surface area (TPSA) is 44.8 Å². The van der Waals surface area contributed by atoms with Gasteiger partial charge in [0, 0.05) is 5.92 Å². The summed E-state index contributed by atoms with van der Waals surface area (Å²) in [7, 11) is -3.58. The van der Waals surface area contributed by atoms with E-state index in [0.29, 0.717) is 19.6 Å². The summed E-state index contributed by atoms with van der Waals surface area (Å²) in [5.74, 6) is -0.0518. The van der Waals surface area contributed by atoms with Crippen molar-refractivity contribution in [3.05, 3.63) is 12.2 Å². The molecule has 6 heteroatoms. The van der Waals surface area contributed by atoms with Gasteiger partial charge in [-0.1, -0.05) is 53.7 Å². The van der Waals surface area contributed by atoms with Gasteiger partial charge in [0.05, 0.1) is 19.6 Å². The number of hydrogen-bond acceptors (Lipinski definition) is 4. The van der Waals surface area contributed by atoms with Crippen molar-refractivity contribution < 1.29 is 18.4 Å². The molecule has 0 spiro atoms. The van der Waals surface area contributed by atoms with Crippen LogP contribution in [0.3, 0.4) is 0 Å². The Kier molecular flexibility index (Phi) is 7.52. The van der Waals surface area contributed by atoms with Crippen LogP contribution in [0.2, 0.25) is 36.3 Å². The van der Waals surface area contributed by atoms with Gasteiger partial charge in [0.2, 0.25) is 0 Å². The summed E-state index contributed by atoms with van der Waals surface area (Å²) in [6.45, 7) is 23.4. The molecule has 1 saturated heterocycles. The highest BCUT2D eigenvalue weighted by Crippen LogP contribution is 2.38. The minimum absolute atomic E-state index is 0.0790. The number of hydrogen-bond donors (Lipinski definition) is 0. The maximum Gasteiger partial charge on any atom is 0.306 e. The van der Waals surface area contributed by atoms with Gasteiger partial charge in [-0.3, -0.25) is 4.79 Å². The standard InChI is InChI=1S/C20H40O4Si2/c1-19(2,3)25(7,8)22-13-11-12-16-14-18(21)24-17(16)15-23-26(9,10)20(4,5)6/h11-12,16-17H,13-15H2,1-10H3/b12-11+/t16-,17+/m0/s1. The average Bonchev–Trinajstić information content (AvgIpc) is 2.79. The molecule has 0 saturated carbocycles. The second kappa shape index (κ2) is 8.29. The predicted octanol–water partition coefficient (Wildman–Crippen LogP) is 5.52. The molecule has 0 radical (unpaired) electrons. The Hall–Kier alpha value is -0.436. The van der Waals surface area contributed by atoms with Gasteiger partial charge in [0.15, 0.2) is 16.6 Å². The lowest BCUT2D eigenvalue weighted by atomic mass is 10.0. The van der Waals surface area contributed by atoms with Crippen LogP contribution in [0.1, 0.15) is 48.0 Å². The summed E-state index contributed by atoms with van der Waals surface area (Å²) in [5, 5.41) is 0.352. The summed E-state index contributed by atoms with van der Waals surface area (Å²) in [6.07, 6.45) is 4.38. The van der Waals surface area contributed by atoms with Crippen LogP contribution in [-0.2, 0) is 18.4 Å². The minimum Gasteiger partial charge on any atom is -0.459 e. The molecule has 0 amide bonds. The number of cyclic esters (lactones) is 1. The molecule has 1 rings (SSSR count). The fraction of sp³-hybridized carbons (Fsp3) is 0.850. The van der Waals surface area contributed by atoms with E-state index in [1.165, 1.54) is 0 Å². The Morgan fingerprint density at radius 2 is 1.50 bits per heavy atom. The Labute approximate surface area is 162 Å². The van der Waals surface area contributed by atoms with Crippen LogP contribution >= 0.6 is 0 Å². The molecule has 1 aliphatic rings. The van der Waals surface area contributed by atoms with Crippen LogP contribution < -0.4 is 0 Å². The third kappa shape index (κ3) is 6.32. The van der Waals surface area contributed by atoms with Crippen molar-refractivity contribution in [2.24, 2.45) is 5.92 Å². The van der Waals surface area contributed by atoms with Crippen molar-refractivity contribution in [1.82, 2.24) is 0 Å². The van der Waals surface area contributed by atoms with Crippen molar-refractivity contribution in [2.75, 3.05) is 13.2 Å². The van der Waals surface area contributed by atoms with Crippen LogP contribution in [0.4, 0.5) is 0 Å². The van der Waals surface area contributed by atoms with Gasteiger partial charge in [-0.05, 0) is 36.3 Å². The molecule has 1 aliphatic heterocycles. The third-order valence-electron chi connectivity index (χ3n) is 6.31. The van der Waals surface area contributed by atoms with Gasteiger partial charge in [-0.15, -0.1) is 0 Å². The first-order valence-corrected chi connectivity index (χ1v) is 15.5. The molecule has 2 atom stereocenters. The van der Waals surface area contributed by atoms with Crippen LogP contribution in [0.25, 0.3) is 0 Å². The summed E-state index contributed by atoms with van der Waals surface area (Å²) in [6, 6.07) is 0. The zero-order chi connectivity index (χ0) is 20.4. The molecule has 0 aromatic heterocycles. The maximum atomic E-state index is 11.8. The van der Waals surface area contributed by atoms with Crippen molar-refractivity contribution in [2.45, 2.75) is 90.3 Å². The molecule has 0 aromatic rings. The fourth-order valence-electron chi connectivity index (χ4n) is 2.19. The smallest absolute Gasteiger partial charge is 0.306 e. The van der Waals surface area contributed by atoms with Crippen molar-refractivity contribution in [3.63, 3.8) is 0 Å². The molecule has 0 aromatic carbocycles. The van der Waals surface area contributed by atoms with Crippen molar-refractivity contribution in [3.8, 4) is 0 Å². The van der Waals surface area contributed by atoms with Gasteiger partial charge in [-0.25, -0.2) is 0 Å². The highest BCUT2D eigenvalue weighted by Gasteiger charge is 2.40. The second-order valence-corrected chi connectivity index (χ2v) is 20.1. The first-order chi connectivity index (χ1) is 11.6. The Morgan fingerprint density at radius 1 is 1.00 bits per heavy atom. The second-order valence-electron chi connectivity index (χ2n) is 10.5. The molecule has 1 fully saturated rings. The summed E-state index contributed by atoms with van der Waals surface area (Å²) in [5.41, 5.74) is 0. The highest BCUT2D eigenvalue weighted by atomic mass is 28.4. The predicted molar refractivity (Wildman–Crippen MR) is 113 cm³/mol. The molecule has 0 bridgehead atoms. The highest BCUT2D eigenvalue weighted by molar-refractivity contribution is 6.74. The van der Waals surface area contributed by atoms with Crippen LogP contribution in [0.15, 0.2) is 12.2 Å². The summed E-state index contributed by atoms with van der Waals surface area (Å²) >= 11 is 0. The van der Waals surface area contributed by atoms with Crippen molar-refractivity contribution >= 4 is 22.6 Å². The zero-order valence-corrected chi connectivity index (χ0v) is 20.6. The lowest BCUT2D eigenvalue weighted by Gasteiger charge is -2.37. The summed E-state index contributed by atoms with van der Waals surface area (Å²) in [4.78, 5) is 11.8. The maximum absolute atomic E-state index is 11.8. The van der Waals surface area contributed by atoms with E-state index in [2.05, 4.69) is 73.8 Å². The zero-order valence-electron chi connectivity index (χ0n) is 18.6. The number of ether oxygens (including phenoxy) is 1. The third-order valence-corrected chi connectivity index (χ3v) is 15.3. The van der Waals surface area contributed by atoms with Crippen LogP contribution in [0, 0.1) is 5.92 Å². The van der Waals surface area contributed by atoms with E-state index < -0.39 is 16.6 Å². The quantitative estimate of drug-likeness (QED) is 0.321. The minimum atomic E-state index is -1.84. The lowest BCUT2D eigenvalue weighted by Crippen LogP contribution is -2.43. The number of rotatable bonds is 7. The van der Waals surface area contributed by atoms with E-state index in [1.54, 1.807) is 0 Å². The SMILES string of the molecule is CC(C)(C)[Si](C)(C)OC/C=C/[C@H]1CC(=O)O[C@@H]1CO[Si](C)(C)C(C)(C)C. The molecule has 4 nitrogen and oxygen atoms in total. The number of esters is 1. The molecule has 152 valence electrons. The van der Waals surface area contributed by atoms with Crippen LogP contribution in [-0.4, -0.2) is 41.9 Å².